The number of anilines is 2. The summed E-state index contributed by atoms with van der Waals surface area (Å²) in [4.78, 5) is 25.4. The van der Waals surface area contributed by atoms with Crippen molar-refractivity contribution >= 4 is 23.1 Å². The summed E-state index contributed by atoms with van der Waals surface area (Å²) in [6.07, 6.45) is 8.62. The molecule has 0 bridgehead atoms. The molecule has 2 amide bonds. The molecule has 3 aromatic heterocycles. The van der Waals surface area contributed by atoms with E-state index in [1.807, 2.05) is 18.2 Å². The van der Waals surface area contributed by atoms with Crippen LogP contribution in [0.2, 0.25) is 0 Å². The second-order valence-electron chi connectivity index (χ2n) is 7.84. The minimum Gasteiger partial charge on any atom is -0.470 e. The highest BCUT2D eigenvalue weighted by Gasteiger charge is 2.13. The van der Waals surface area contributed by atoms with E-state index in [1.165, 1.54) is 12.1 Å². The van der Waals surface area contributed by atoms with Crippen molar-refractivity contribution < 1.29 is 18.3 Å². The second kappa shape index (κ2) is 10.2. The number of imidazole rings is 1. The summed E-state index contributed by atoms with van der Waals surface area (Å²) in [6.45, 7) is -0.468. The van der Waals surface area contributed by atoms with Gasteiger partial charge in [-0.2, -0.15) is 0 Å². The molecule has 0 spiro atoms. The highest BCUT2D eigenvalue weighted by Crippen LogP contribution is 2.26. The minimum atomic E-state index is -0.763. The SMILES string of the molecule is O=C(Nc1cccc(-c2cn3ccnc3c(OCc3ccncc3)n2)c1)Nc1cc(CF)ccc1F. The van der Waals surface area contributed by atoms with Gasteiger partial charge in [0.25, 0.3) is 5.88 Å². The van der Waals surface area contributed by atoms with Gasteiger partial charge in [-0.25, -0.2) is 23.5 Å². The van der Waals surface area contributed by atoms with Crippen LogP contribution in [0.3, 0.4) is 0 Å². The van der Waals surface area contributed by atoms with E-state index in [0.29, 0.717) is 35.1 Å². The number of aromatic nitrogens is 4. The number of alkyl halides is 1. The summed E-state index contributed by atoms with van der Waals surface area (Å²) >= 11 is 0. The molecule has 10 heteroatoms. The van der Waals surface area contributed by atoms with Crippen LogP contribution in [0.1, 0.15) is 11.1 Å². The number of nitrogens with one attached hydrogen (secondary N) is 2. The normalized spacial score (nSPS) is 10.8. The average Bonchev–Trinajstić information content (AvgIpc) is 3.38. The second-order valence-corrected chi connectivity index (χ2v) is 7.84. The molecule has 0 fully saturated rings. The smallest absolute Gasteiger partial charge is 0.323 e. The van der Waals surface area contributed by atoms with Crippen molar-refractivity contribution in [3.05, 3.63) is 103 Å². The van der Waals surface area contributed by atoms with E-state index < -0.39 is 18.5 Å². The number of fused-ring (bicyclic) bond motifs is 1. The number of hydrogen-bond donors (Lipinski definition) is 2. The Balaban J connectivity index is 1.36. The van der Waals surface area contributed by atoms with Crippen molar-refractivity contribution in [2.45, 2.75) is 13.3 Å². The third-order valence-corrected chi connectivity index (χ3v) is 5.32. The van der Waals surface area contributed by atoms with Gasteiger partial charge in [0.2, 0.25) is 5.65 Å². The van der Waals surface area contributed by atoms with Crippen molar-refractivity contribution in [3.63, 3.8) is 0 Å². The number of rotatable bonds is 7. The Kier molecular flexibility index (Phi) is 6.48. The van der Waals surface area contributed by atoms with Crippen molar-refractivity contribution in [3.8, 4) is 17.1 Å². The van der Waals surface area contributed by atoms with E-state index in [-0.39, 0.29) is 11.3 Å². The molecule has 2 aromatic carbocycles. The molecule has 0 unspecified atom stereocenters. The molecule has 2 N–H and O–H groups in total. The zero-order chi connectivity index (χ0) is 24.9. The molecule has 0 aliphatic heterocycles. The maximum atomic E-state index is 14.0. The first kappa shape index (κ1) is 22.9. The highest BCUT2D eigenvalue weighted by molar-refractivity contribution is 6.00. The summed E-state index contributed by atoms with van der Waals surface area (Å²) in [5, 5.41) is 5.07. The molecule has 3 heterocycles. The van der Waals surface area contributed by atoms with Gasteiger partial charge in [-0.05, 0) is 47.5 Å². The molecule has 0 atom stereocenters. The maximum absolute atomic E-state index is 14.0. The van der Waals surface area contributed by atoms with Crippen LogP contribution in [0.15, 0.2) is 85.6 Å². The van der Waals surface area contributed by atoms with Gasteiger partial charge >= 0.3 is 6.03 Å². The summed E-state index contributed by atoms with van der Waals surface area (Å²) in [7, 11) is 0. The number of ether oxygens (including phenoxy) is 1. The number of halogens is 2. The van der Waals surface area contributed by atoms with Crippen LogP contribution in [0.4, 0.5) is 25.0 Å². The molecule has 8 nitrogen and oxygen atoms in total. The lowest BCUT2D eigenvalue weighted by atomic mass is 10.1. The van der Waals surface area contributed by atoms with Gasteiger partial charge in [-0.1, -0.05) is 18.2 Å². The predicted octanol–water partition coefficient (Wildman–Crippen LogP) is 5.62. The van der Waals surface area contributed by atoms with Crippen LogP contribution in [0.25, 0.3) is 16.9 Å². The lowest BCUT2D eigenvalue weighted by Crippen LogP contribution is -2.20. The van der Waals surface area contributed by atoms with Crippen LogP contribution < -0.4 is 15.4 Å². The van der Waals surface area contributed by atoms with E-state index in [9.17, 15) is 13.6 Å². The van der Waals surface area contributed by atoms with E-state index in [4.69, 9.17) is 4.74 Å². The summed E-state index contributed by atoms with van der Waals surface area (Å²) < 4.78 is 34.7. The lowest BCUT2D eigenvalue weighted by Gasteiger charge is -2.12. The standard InChI is InChI=1S/C26H20F2N6O2/c27-14-18-4-5-21(28)22(12-18)33-26(35)31-20-3-1-2-19(13-20)23-15-34-11-10-30-24(34)25(32-23)36-16-17-6-8-29-9-7-17/h1-13,15H,14,16H2,(H2,31,33,35). The molecule has 5 aromatic rings. The molecular weight excluding hydrogens is 466 g/mol. The number of carbonyl (C=O) groups is 1. The zero-order valence-electron chi connectivity index (χ0n) is 18.9. The van der Waals surface area contributed by atoms with E-state index >= 15 is 0 Å². The number of nitrogens with zero attached hydrogens (tertiary/aromatic N) is 4. The van der Waals surface area contributed by atoms with Crippen molar-refractivity contribution in [2.75, 3.05) is 10.6 Å². The number of urea groups is 1. The van der Waals surface area contributed by atoms with Crippen molar-refractivity contribution in [1.82, 2.24) is 19.4 Å². The molecule has 0 saturated heterocycles. The fourth-order valence-electron chi connectivity index (χ4n) is 3.56. The number of pyridine rings is 1. The average molecular weight is 486 g/mol. The monoisotopic (exact) mass is 486 g/mol. The third-order valence-electron chi connectivity index (χ3n) is 5.32. The number of hydrogen-bond acceptors (Lipinski definition) is 5. The topological polar surface area (TPSA) is 93.4 Å². The number of amides is 2. The Hall–Kier alpha value is -4.86. The third kappa shape index (κ3) is 5.12. The molecule has 0 aliphatic carbocycles. The lowest BCUT2D eigenvalue weighted by molar-refractivity contribution is 0.262. The van der Waals surface area contributed by atoms with Gasteiger partial charge in [-0.15, -0.1) is 0 Å². The molecule has 0 radical (unpaired) electrons. The molecule has 0 saturated carbocycles. The van der Waals surface area contributed by atoms with Crippen LogP contribution in [0.5, 0.6) is 5.88 Å². The Morgan fingerprint density at radius 3 is 2.69 bits per heavy atom. The van der Waals surface area contributed by atoms with Gasteiger partial charge in [-0.3, -0.25) is 4.98 Å². The van der Waals surface area contributed by atoms with Gasteiger partial charge < -0.3 is 19.8 Å². The number of benzene rings is 2. The maximum Gasteiger partial charge on any atom is 0.323 e. The number of carbonyl (C=O) groups excluding carboxylic acids is 1. The van der Waals surface area contributed by atoms with Crippen molar-refractivity contribution in [1.29, 1.82) is 0 Å². The van der Waals surface area contributed by atoms with Crippen LogP contribution in [0, 0.1) is 5.82 Å². The predicted molar refractivity (Wildman–Crippen MR) is 131 cm³/mol. The fourth-order valence-corrected chi connectivity index (χ4v) is 3.56. The van der Waals surface area contributed by atoms with Crippen LogP contribution >= 0.6 is 0 Å². The van der Waals surface area contributed by atoms with Gasteiger partial charge in [0.1, 0.15) is 19.1 Å². The van der Waals surface area contributed by atoms with Crippen molar-refractivity contribution in [2.24, 2.45) is 0 Å². The molecular formula is C26H20F2N6O2. The minimum absolute atomic E-state index is 0.109. The zero-order valence-corrected chi connectivity index (χ0v) is 18.9. The van der Waals surface area contributed by atoms with Gasteiger partial charge in [0.15, 0.2) is 0 Å². The molecule has 5 rings (SSSR count). The first-order chi connectivity index (χ1) is 17.6. The summed E-state index contributed by atoms with van der Waals surface area (Å²) in [5.41, 5.74) is 3.42. The molecule has 0 aliphatic rings. The Morgan fingerprint density at radius 2 is 1.86 bits per heavy atom. The largest absolute Gasteiger partial charge is 0.470 e. The Bertz CT molecular complexity index is 1520. The summed E-state index contributed by atoms with van der Waals surface area (Å²) in [6, 6.07) is 13.7. The highest BCUT2D eigenvalue weighted by atomic mass is 19.1. The van der Waals surface area contributed by atoms with E-state index in [2.05, 4.69) is 25.6 Å². The first-order valence-electron chi connectivity index (χ1n) is 11.0. The van der Waals surface area contributed by atoms with E-state index in [1.54, 1.807) is 53.6 Å². The summed E-state index contributed by atoms with van der Waals surface area (Å²) in [5.74, 6) is -0.304. The molecule has 36 heavy (non-hydrogen) atoms. The van der Waals surface area contributed by atoms with Gasteiger partial charge in [0.05, 0.1) is 11.4 Å². The van der Waals surface area contributed by atoms with E-state index in [0.717, 1.165) is 11.6 Å². The van der Waals surface area contributed by atoms with Gasteiger partial charge in [0, 0.05) is 42.2 Å². The Labute approximate surface area is 204 Å². The first-order valence-corrected chi connectivity index (χ1v) is 11.0. The van der Waals surface area contributed by atoms with Crippen LogP contribution in [-0.4, -0.2) is 25.4 Å². The van der Waals surface area contributed by atoms with Crippen LogP contribution in [-0.2, 0) is 13.3 Å². The molecule has 180 valence electrons. The quantitative estimate of drug-likeness (QED) is 0.311. The Morgan fingerprint density at radius 1 is 1.00 bits per heavy atom. The fraction of sp³-hybridized carbons (Fsp3) is 0.0769.